The molecule has 0 aromatic carbocycles. The molecule has 1 heterocycles. The van der Waals surface area contributed by atoms with Gasteiger partial charge in [-0.2, -0.15) is 0 Å². The second kappa shape index (κ2) is 19.2. The molecule has 0 aliphatic carbocycles. The third-order valence-corrected chi connectivity index (χ3v) is 5.01. The Morgan fingerprint density at radius 3 is 1.97 bits per heavy atom. The number of halogens is 1. The highest BCUT2D eigenvalue weighted by atomic mass is 19.1. The second-order valence-corrected chi connectivity index (χ2v) is 8.36. The number of carbonyl (C=O) groups is 2. The minimum Gasteiger partial charge on any atom is -0.356 e. The van der Waals surface area contributed by atoms with Crippen LogP contribution in [0.4, 0.5) is 4.39 Å². The molecule has 0 aromatic heterocycles. The Morgan fingerprint density at radius 1 is 0.886 bits per heavy atom. The third kappa shape index (κ3) is 17.0. The lowest BCUT2D eigenvalue weighted by Crippen LogP contribution is -2.38. The van der Waals surface area contributed by atoms with E-state index in [4.69, 9.17) is 0 Å². The Hall–Kier alpha value is -3.15. The van der Waals surface area contributed by atoms with Crippen LogP contribution in [0.25, 0.3) is 0 Å². The molecule has 0 fully saturated rings. The van der Waals surface area contributed by atoms with Crippen LogP contribution in [-0.4, -0.2) is 30.7 Å². The second-order valence-electron chi connectivity index (χ2n) is 8.36. The summed E-state index contributed by atoms with van der Waals surface area (Å²) in [6.45, 7) is 4.18. The van der Waals surface area contributed by atoms with Crippen molar-refractivity contribution in [3.8, 4) is 0 Å². The summed E-state index contributed by atoms with van der Waals surface area (Å²) in [6.07, 6.45) is 32.8. The predicted molar refractivity (Wildman–Crippen MR) is 144 cm³/mol. The number of allylic oxidation sites excluding steroid dienone is 10. The largest absolute Gasteiger partial charge is 0.356 e. The van der Waals surface area contributed by atoms with E-state index in [0.717, 1.165) is 44.9 Å². The van der Waals surface area contributed by atoms with Gasteiger partial charge in [-0.3, -0.25) is 9.59 Å². The molecule has 2 amide bonds. The van der Waals surface area contributed by atoms with Crippen LogP contribution in [0.15, 0.2) is 84.7 Å². The number of dihydropyridines is 1. The van der Waals surface area contributed by atoms with Crippen LogP contribution in [-0.2, 0) is 9.59 Å². The van der Waals surface area contributed by atoms with Gasteiger partial charge in [-0.25, -0.2) is 4.39 Å². The number of alkyl halides is 1. The van der Waals surface area contributed by atoms with Gasteiger partial charge in [0.2, 0.25) is 5.91 Å². The summed E-state index contributed by atoms with van der Waals surface area (Å²) < 4.78 is 13.6. The van der Waals surface area contributed by atoms with Gasteiger partial charge >= 0.3 is 0 Å². The fourth-order valence-corrected chi connectivity index (χ4v) is 3.02. The highest BCUT2D eigenvalue weighted by Gasteiger charge is 2.21. The molecule has 1 atom stereocenters. The molecule has 1 rings (SSSR count). The van der Waals surface area contributed by atoms with E-state index in [1.807, 2.05) is 0 Å². The zero-order chi connectivity index (χ0) is 25.6. The molecule has 6 heteroatoms. The van der Waals surface area contributed by atoms with Crippen LogP contribution in [0.5, 0.6) is 0 Å². The van der Waals surface area contributed by atoms with Gasteiger partial charge in [-0.1, -0.05) is 67.7 Å². The van der Waals surface area contributed by atoms with Gasteiger partial charge < -0.3 is 16.0 Å². The number of unbranched alkanes of at least 4 members (excludes halogenated alkanes) is 1. The zero-order valence-electron chi connectivity index (χ0n) is 21.3. The topological polar surface area (TPSA) is 70.2 Å². The summed E-state index contributed by atoms with van der Waals surface area (Å²) in [7, 11) is 0. The molecule has 0 saturated carbocycles. The van der Waals surface area contributed by atoms with Crippen LogP contribution in [0, 0.1) is 0 Å². The van der Waals surface area contributed by atoms with Crippen molar-refractivity contribution in [2.75, 3.05) is 13.1 Å². The van der Waals surface area contributed by atoms with Crippen molar-refractivity contribution in [3.63, 3.8) is 0 Å². The van der Waals surface area contributed by atoms with E-state index in [9.17, 15) is 14.0 Å². The average molecular weight is 484 g/mol. The lowest BCUT2D eigenvalue weighted by molar-refractivity contribution is -0.121. The number of nitrogens with one attached hydrogen (secondary N) is 3. The fourth-order valence-electron chi connectivity index (χ4n) is 3.02. The third-order valence-electron chi connectivity index (χ3n) is 5.01. The lowest BCUT2D eigenvalue weighted by Gasteiger charge is -2.21. The molecule has 0 radical (unpaired) electrons. The maximum atomic E-state index is 13.6. The molecule has 1 aliphatic rings. The van der Waals surface area contributed by atoms with E-state index in [0.29, 0.717) is 25.1 Å². The van der Waals surface area contributed by atoms with Crippen LogP contribution < -0.4 is 16.0 Å². The van der Waals surface area contributed by atoms with Crippen LogP contribution in [0.3, 0.4) is 0 Å². The Labute approximate surface area is 210 Å². The molecule has 5 nitrogen and oxygen atoms in total. The minimum absolute atomic E-state index is 0.0294. The first-order chi connectivity index (χ1) is 16.9. The van der Waals surface area contributed by atoms with Crippen molar-refractivity contribution in [1.29, 1.82) is 0 Å². The van der Waals surface area contributed by atoms with E-state index < -0.39 is 5.79 Å². The molecular formula is C29H42FN3O2. The Balaban J connectivity index is 1.98. The summed E-state index contributed by atoms with van der Waals surface area (Å²) >= 11 is 0. The van der Waals surface area contributed by atoms with Crippen molar-refractivity contribution in [2.45, 2.75) is 71.0 Å². The number of carbonyl (C=O) groups excluding carboxylic acids is 2. The van der Waals surface area contributed by atoms with E-state index >= 15 is 0 Å². The fraction of sp³-hybridized carbons (Fsp3) is 0.448. The lowest BCUT2D eigenvalue weighted by atomic mass is 10.1. The molecule has 192 valence electrons. The van der Waals surface area contributed by atoms with Gasteiger partial charge in [-0.05, 0) is 64.0 Å². The van der Waals surface area contributed by atoms with Gasteiger partial charge in [0.1, 0.15) is 0 Å². The molecule has 0 saturated heterocycles. The van der Waals surface area contributed by atoms with Gasteiger partial charge in [0.05, 0.1) is 5.57 Å². The smallest absolute Gasteiger partial charge is 0.252 e. The van der Waals surface area contributed by atoms with Crippen LogP contribution >= 0.6 is 0 Å². The van der Waals surface area contributed by atoms with Crippen molar-refractivity contribution in [3.05, 3.63) is 84.7 Å². The molecule has 1 unspecified atom stereocenters. The number of hydrogen-bond donors (Lipinski definition) is 3. The normalized spacial score (nSPS) is 18.2. The Bertz CT molecular complexity index is 833. The van der Waals surface area contributed by atoms with Crippen LogP contribution in [0.1, 0.15) is 65.2 Å². The maximum absolute atomic E-state index is 13.6. The van der Waals surface area contributed by atoms with Gasteiger partial charge in [0, 0.05) is 25.7 Å². The predicted octanol–water partition coefficient (Wildman–Crippen LogP) is 5.87. The first kappa shape index (κ1) is 29.9. The standard InChI is InChI=1S/C29H42FN3O2/c1-3-4-5-6-7-8-9-10-11-12-13-14-15-16-17-18-19-20-27(34)31-23-24-32-28(35)26-21-22-29(2,30)33-25-26/h4-5,7-8,10-11,13-14,16-17,21-22,25,33H,3,6,9,12,15,18-20,23-24H2,1-2H3,(H,31,34)(H,32,35)/b5-4-,8-7-,11-10-,14-13-,17-16-. The number of rotatable bonds is 17. The van der Waals surface area contributed by atoms with Crippen molar-refractivity contribution >= 4 is 11.8 Å². The number of amides is 2. The van der Waals surface area contributed by atoms with Crippen molar-refractivity contribution in [2.24, 2.45) is 0 Å². The maximum Gasteiger partial charge on any atom is 0.252 e. The van der Waals surface area contributed by atoms with Crippen molar-refractivity contribution < 1.29 is 14.0 Å². The summed E-state index contributed by atoms with van der Waals surface area (Å²) in [6, 6.07) is 0. The molecule has 35 heavy (non-hydrogen) atoms. The molecule has 3 N–H and O–H groups in total. The zero-order valence-corrected chi connectivity index (χ0v) is 21.3. The summed E-state index contributed by atoms with van der Waals surface area (Å²) in [4.78, 5) is 23.8. The molecular weight excluding hydrogens is 441 g/mol. The quantitative estimate of drug-likeness (QED) is 0.138. The molecule has 1 aliphatic heterocycles. The monoisotopic (exact) mass is 483 g/mol. The summed E-state index contributed by atoms with van der Waals surface area (Å²) in [5.74, 6) is -1.97. The Kier molecular flexibility index (Phi) is 16.4. The van der Waals surface area contributed by atoms with E-state index in [1.165, 1.54) is 25.3 Å². The van der Waals surface area contributed by atoms with E-state index in [2.05, 4.69) is 83.6 Å². The van der Waals surface area contributed by atoms with Crippen LogP contribution in [0.2, 0.25) is 0 Å². The molecule has 0 aromatic rings. The average Bonchev–Trinajstić information content (AvgIpc) is 2.83. The first-order valence-corrected chi connectivity index (χ1v) is 12.6. The van der Waals surface area contributed by atoms with Gasteiger partial charge in [0.15, 0.2) is 5.79 Å². The van der Waals surface area contributed by atoms with Gasteiger partial charge in [0.25, 0.3) is 5.91 Å². The molecule has 0 spiro atoms. The Morgan fingerprint density at radius 2 is 1.43 bits per heavy atom. The van der Waals surface area contributed by atoms with Crippen molar-refractivity contribution in [1.82, 2.24) is 16.0 Å². The molecule has 0 bridgehead atoms. The summed E-state index contributed by atoms with van der Waals surface area (Å²) in [5.41, 5.74) is 0.350. The highest BCUT2D eigenvalue weighted by molar-refractivity contribution is 5.96. The SMILES string of the molecule is CC/C=C\C/C=C\C/C=C\C/C=C\C/C=C\CCCC(=O)NCCNC(=O)C1=CNC(C)(F)C=C1. The minimum atomic E-state index is -1.63. The summed E-state index contributed by atoms with van der Waals surface area (Å²) in [5, 5.41) is 7.99. The highest BCUT2D eigenvalue weighted by Crippen LogP contribution is 2.14. The number of hydrogen-bond acceptors (Lipinski definition) is 3. The van der Waals surface area contributed by atoms with E-state index in [1.54, 1.807) is 0 Å². The van der Waals surface area contributed by atoms with Gasteiger partial charge in [-0.15, -0.1) is 0 Å². The van der Waals surface area contributed by atoms with E-state index in [-0.39, 0.29) is 11.8 Å². The first-order valence-electron chi connectivity index (χ1n) is 12.6.